The van der Waals surface area contributed by atoms with Crippen LogP contribution in [-0.4, -0.2) is 46.8 Å². The van der Waals surface area contributed by atoms with Gasteiger partial charge in [0.15, 0.2) is 11.5 Å². The second-order valence-corrected chi connectivity index (χ2v) is 6.11. The van der Waals surface area contributed by atoms with E-state index in [4.69, 9.17) is 13.9 Å². The van der Waals surface area contributed by atoms with Crippen LogP contribution in [0.15, 0.2) is 51.2 Å². The van der Waals surface area contributed by atoms with Gasteiger partial charge in [-0.25, -0.2) is 10.2 Å². The molecule has 2 amide bonds. The monoisotopic (exact) mass is 410 g/mol. The van der Waals surface area contributed by atoms with Crippen molar-refractivity contribution in [2.75, 3.05) is 6.79 Å². The summed E-state index contributed by atoms with van der Waals surface area (Å²) < 4.78 is 55.7. The van der Waals surface area contributed by atoms with Crippen molar-refractivity contribution < 1.29 is 37.0 Å². The van der Waals surface area contributed by atoms with E-state index in [1.54, 1.807) is 18.2 Å². The number of carbonyl (C=O) groups is 1. The number of nitrogens with one attached hydrogen (secondary N) is 1. The van der Waals surface area contributed by atoms with Gasteiger partial charge in [0.1, 0.15) is 11.5 Å². The number of nitrogens with zero attached hydrogens (tertiary/aromatic N) is 3. The Hall–Kier alpha value is -3.54. The second-order valence-electron chi connectivity index (χ2n) is 6.11. The second kappa shape index (κ2) is 6.81. The first kappa shape index (κ1) is 18.8. The van der Waals surface area contributed by atoms with Crippen molar-refractivity contribution in [2.45, 2.75) is 18.3 Å². The highest BCUT2D eigenvalue weighted by Crippen LogP contribution is 2.41. The zero-order valence-electron chi connectivity index (χ0n) is 14.5. The van der Waals surface area contributed by atoms with Crippen LogP contribution in [0.4, 0.5) is 18.0 Å². The number of alkyl halides is 3. The first-order chi connectivity index (χ1) is 13.8. The maximum Gasteiger partial charge on any atom is 0.438 e. The molecule has 1 unspecified atom stereocenters. The Kier molecular flexibility index (Phi) is 4.42. The highest BCUT2D eigenvalue weighted by Gasteiger charge is 2.63. The van der Waals surface area contributed by atoms with Crippen LogP contribution in [0.1, 0.15) is 17.7 Å². The normalized spacial score (nSPS) is 21.0. The molecular weight excluding hydrogens is 397 g/mol. The van der Waals surface area contributed by atoms with Gasteiger partial charge in [-0.3, -0.25) is 0 Å². The third-order valence-corrected chi connectivity index (χ3v) is 4.21. The van der Waals surface area contributed by atoms with Crippen LogP contribution in [0.25, 0.3) is 0 Å². The molecule has 3 heterocycles. The third-order valence-electron chi connectivity index (χ3n) is 4.21. The van der Waals surface area contributed by atoms with E-state index in [1.807, 2.05) is 5.43 Å². The van der Waals surface area contributed by atoms with Gasteiger partial charge in [-0.05, 0) is 35.9 Å². The van der Waals surface area contributed by atoms with E-state index in [9.17, 15) is 23.1 Å². The Morgan fingerprint density at radius 3 is 2.83 bits per heavy atom. The molecule has 29 heavy (non-hydrogen) atoms. The van der Waals surface area contributed by atoms with E-state index < -0.39 is 24.4 Å². The van der Waals surface area contributed by atoms with Crippen LogP contribution in [0.5, 0.6) is 11.5 Å². The lowest BCUT2D eigenvalue weighted by Crippen LogP contribution is -2.58. The van der Waals surface area contributed by atoms with Crippen LogP contribution in [-0.2, 0) is 0 Å². The number of amides is 2. The highest BCUT2D eigenvalue weighted by molar-refractivity contribution is 6.01. The number of hydrogen-bond donors (Lipinski definition) is 2. The molecule has 2 aromatic rings. The van der Waals surface area contributed by atoms with E-state index in [0.29, 0.717) is 17.1 Å². The minimum absolute atomic E-state index is 0.00633. The van der Waals surface area contributed by atoms with Gasteiger partial charge >= 0.3 is 12.2 Å². The summed E-state index contributed by atoms with van der Waals surface area (Å²) in [5.41, 5.74) is -1.34. The Morgan fingerprint density at radius 2 is 2.10 bits per heavy atom. The minimum atomic E-state index is -5.16. The first-order valence-electron chi connectivity index (χ1n) is 8.21. The maximum absolute atomic E-state index is 13.4. The molecule has 0 radical (unpaired) electrons. The molecule has 0 saturated heterocycles. The lowest BCUT2D eigenvalue weighted by Gasteiger charge is -2.31. The third kappa shape index (κ3) is 3.38. The van der Waals surface area contributed by atoms with Gasteiger partial charge < -0.3 is 19.0 Å². The zero-order chi connectivity index (χ0) is 20.6. The van der Waals surface area contributed by atoms with Crippen molar-refractivity contribution in [3.05, 3.63) is 47.9 Å². The number of rotatable bonds is 3. The molecule has 152 valence electrons. The number of urea groups is 1. The zero-order valence-corrected chi connectivity index (χ0v) is 14.5. The van der Waals surface area contributed by atoms with E-state index in [2.05, 4.69) is 10.2 Å². The average molecular weight is 410 g/mol. The molecule has 2 N–H and O–H groups in total. The average Bonchev–Trinajstić information content (AvgIpc) is 3.40. The van der Waals surface area contributed by atoms with E-state index in [-0.39, 0.29) is 23.3 Å². The predicted octanol–water partition coefficient (Wildman–Crippen LogP) is 2.41. The minimum Gasteiger partial charge on any atom is -0.463 e. The van der Waals surface area contributed by atoms with Crippen LogP contribution in [0, 0.1) is 0 Å². The molecule has 1 aromatic carbocycles. The Labute approximate surface area is 161 Å². The molecule has 0 fully saturated rings. The lowest BCUT2D eigenvalue weighted by atomic mass is 10.1. The fraction of sp³-hybridized carbons (Fsp3) is 0.235. The summed E-state index contributed by atoms with van der Waals surface area (Å²) in [7, 11) is 0. The van der Waals surface area contributed by atoms with E-state index in [1.165, 1.54) is 24.6 Å². The van der Waals surface area contributed by atoms with Crippen LogP contribution >= 0.6 is 0 Å². The molecule has 1 atom stereocenters. The molecule has 0 bridgehead atoms. The number of hydrazone groups is 2. The quantitative estimate of drug-likeness (QED) is 0.597. The number of hydrogen-bond acceptors (Lipinski definition) is 7. The van der Waals surface area contributed by atoms with Crippen LogP contribution < -0.4 is 14.9 Å². The summed E-state index contributed by atoms with van der Waals surface area (Å²) in [5.74, 6) is 1.02. The molecule has 2 aliphatic rings. The van der Waals surface area contributed by atoms with Crippen LogP contribution in [0.3, 0.4) is 0 Å². The Morgan fingerprint density at radius 1 is 1.31 bits per heavy atom. The summed E-state index contributed by atoms with van der Waals surface area (Å²) in [6.07, 6.45) is -3.71. The molecule has 4 rings (SSSR count). The Balaban J connectivity index is 1.52. The molecule has 9 nitrogen and oxygen atoms in total. The maximum atomic E-state index is 13.4. The summed E-state index contributed by atoms with van der Waals surface area (Å²) in [6, 6.07) is 6.25. The summed E-state index contributed by atoms with van der Waals surface area (Å²) in [5, 5.41) is 17.3. The number of benzene rings is 1. The molecular formula is C17H13F3N4O5. The fourth-order valence-corrected chi connectivity index (χ4v) is 2.76. The Bertz CT molecular complexity index is 989. The van der Waals surface area contributed by atoms with Crippen molar-refractivity contribution in [1.82, 2.24) is 10.4 Å². The van der Waals surface area contributed by atoms with Gasteiger partial charge in [-0.2, -0.15) is 28.4 Å². The number of furan rings is 1. The van der Waals surface area contributed by atoms with Gasteiger partial charge in [0.05, 0.1) is 18.9 Å². The SMILES string of the molecule is O=C(N/N=C/c1ccc2c(c1)OCO2)N1N=C(c2ccco2)CC1(O)C(F)(F)F. The van der Waals surface area contributed by atoms with Gasteiger partial charge in [-0.15, -0.1) is 0 Å². The number of fused-ring (bicyclic) bond motifs is 1. The van der Waals surface area contributed by atoms with Gasteiger partial charge in [0.2, 0.25) is 6.79 Å². The fourth-order valence-electron chi connectivity index (χ4n) is 2.76. The predicted molar refractivity (Wildman–Crippen MR) is 91.4 cm³/mol. The molecule has 2 aliphatic heterocycles. The van der Waals surface area contributed by atoms with Gasteiger partial charge in [0.25, 0.3) is 5.72 Å². The lowest BCUT2D eigenvalue weighted by molar-refractivity contribution is -0.297. The number of ether oxygens (including phenoxy) is 2. The standard InChI is InChI=1S/C17H13F3N4O5/c18-17(19,20)16(26)7-11(12-2-1-5-27-12)23-24(16)15(25)22-21-8-10-3-4-13-14(6-10)29-9-28-13/h1-6,8,26H,7,9H2,(H,22,25)/b21-8+. The van der Waals surface area contributed by atoms with Crippen molar-refractivity contribution in [1.29, 1.82) is 0 Å². The first-order valence-corrected chi connectivity index (χ1v) is 8.21. The largest absolute Gasteiger partial charge is 0.463 e. The van der Waals surface area contributed by atoms with E-state index in [0.717, 1.165) is 0 Å². The number of aliphatic hydroxyl groups is 1. The van der Waals surface area contributed by atoms with Gasteiger partial charge in [0, 0.05) is 0 Å². The van der Waals surface area contributed by atoms with Crippen molar-refractivity contribution in [3.63, 3.8) is 0 Å². The highest BCUT2D eigenvalue weighted by atomic mass is 19.4. The molecule has 1 aromatic heterocycles. The molecule has 12 heteroatoms. The summed E-state index contributed by atoms with van der Waals surface area (Å²) in [4.78, 5) is 12.3. The smallest absolute Gasteiger partial charge is 0.438 e. The van der Waals surface area contributed by atoms with Crippen molar-refractivity contribution in [2.24, 2.45) is 10.2 Å². The summed E-state index contributed by atoms with van der Waals surface area (Å²) >= 11 is 0. The summed E-state index contributed by atoms with van der Waals surface area (Å²) in [6.45, 7) is 0.0770. The van der Waals surface area contributed by atoms with Gasteiger partial charge in [-0.1, -0.05) is 0 Å². The topological polar surface area (TPSA) is 109 Å². The van der Waals surface area contributed by atoms with E-state index >= 15 is 0 Å². The molecule has 0 saturated carbocycles. The number of carbonyl (C=O) groups excluding carboxylic acids is 1. The molecule has 0 aliphatic carbocycles. The van der Waals surface area contributed by atoms with Crippen LogP contribution in [0.2, 0.25) is 0 Å². The molecule has 0 spiro atoms. The van der Waals surface area contributed by atoms with Crippen molar-refractivity contribution in [3.8, 4) is 11.5 Å². The van der Waals surface area contributed by atoms with Crippen molar-refractivity contribution >= 4 is 18.0 Å². The number of halogens is 3.